The molecular formula is C21H19Br2N3O5. The van der Waals surface area contributed by atoms with Crippen LogP contribution < -0.4 is 9.47 Å². The third-order valence-corrected chi connectivity index (χ3v) is 6.74. The number of ether oxygens (including phenoxy) is 2. The van der Waals surface area contributed by atoms with Gasteiger partial charge in [0.25, 0.3) is 0 Å². The number of hydrogen-bond donors (Lipinski definition) is 0. The summed E-state index contributed by atoms with van der Waals surface area (Å²) in [6.07, 6.45) is 2.50. The van der Waals surface area contributed by atoms with Crippen LogP contribution in [-0.2, 0) is 0 Å². The summed E-state index contributed by atoms with van der Waals surface area (Å²) < 4.78 is 18.1. The van der Waals surface area contributed by atoms with E-state index in [2.05, 4.69) is 36.8 Å². The van der Waals surface area contributed by atoms with Crippen molar-refractivity contribution in [1.29, 1.82) is 0 Å². The normalized spacial score (nSPS) is 20.7. The van der Waals surface area contributed by atoms with Gasteiger partial charge in [0.1, 0.15) is 22.6 Å². The Kier molecular flexibility index (Phi) is 5.94. The van der Waals surface area contributed by atoms with E-state index in [0.29, 0.717) is 23.7 Å². The quantitative estimate of drug-likeness (QED) is 0.333. The van der Waals surface area contributed by atoms with E-state index in [1.165, 1.54) is 6.07 Å². The Labute approximate surface area is 195 Å². The van der Waals surface area contributed by atoms with E-state index in [-0.39, 0.29) is 18.0 Å². The minimum absolute atomic E-state index is 0.115. The van der Waals surface area contributed by atoms with E-state index in [1.807, 2.05) is 31.2 Å². The number of aliphatic imine (C=N–C) groups is 1. The van der Waals surface area contributed by atoms with Crippen LogP contribution in [0.1, 0.15) is 36.8 Å². The average molecular weight is 553 g/mol. The molecule has 0 saturated carbocycles. The van der Waals surface area contributed by atoms with Crippen LogP contribution in [0.15, 0.2) is 60.5 Å². The first kappa shape index (κ1) is 21.6. The lowest BCUT2D eigenvalue weighted by Crippen LogP contribution is -2.40. The molecule has 162 valence electrons. The Morgan fingerprint density at radius 1 is 1.19 bits per heavy atom. The Morgan fingerprint density at radius 2 is 1.94 bits per heavy atom. The third kappa shape index (κ3) is 3.89. The van der Waals surface area contributed by atoms with Crippen LogP contribution in [0.25, 0.3) is 0 Å². The fourth-order valence-corrected chi connectivity index (χ4v) is 5.09. The van der Waals surface area contributed by atoms with Crippen molar-refractivity contribution in [3.05, 3.63) is 72.5 Å². The van der Waals surface area contributed by atoms with Gasteiger partial charge in [-0.1, -0.05) is 6.07 Å². The minimum Gasteiger partial charge on any atom is -0.493 e. The van der Waals surface area contributed by atoms with Gasteiger partial charge in [-0.05, 0) is 68.6 Å². The molecule has 0 fully saturated rings. The first-order valence-corrected chi connectivity index (χ1v) is 11.0. The number of nitro groups is 1. The maximum atomic E-state index is 11.1. The molecule has 10 heteroatoms. The Morgan fingerprint density at radius 3 is 2.58 bits per heavy atom. The number of hydrogen-bond acceptors (Lipinski definition) is 7. The molecule has 1 aromatic carbocycles. The smallest absolute Gasteiger partial charge is 0.433 e. The van der Waals surface area contributed by atoms with Crippen LogP contribution in [-0.4, -0.2) is 29.9 Å². The summed E-state index contributed by atoms with van der Waals surface area (Å²) in [6, 6.07) is 8.29. The predicted molar refractivity (Wildman–Crippen MR) is 123 cm³/mol. The molecule has 2 atom stereocenters. The fraction of sp³-hybridized carbons (Fsp3) is 0.286. The van der Waals surface area contributed by atoms with E-state index in [9.17, 15) is 10.1 Å². The van der Waals surface area contributed by atoms with Gasteiger partial charge in [0.15, 0.2) is 11.5 Å². The molecular weight excluding hydrogens is 534 g/mol. The average Bonchev–Trinajstić information content (AvgIpc) is 3.27. The topological polar surface area (TPSA) is 90.3 Å². The van der Waals surface area contributed by atoms with Gasteiger partial charge in [-0.15, -0.1) is 0 Å². The molecule has 2 unspecified atom stereocenters. The van der Waals surface area contributed by atoms with Crippen LogP contribution in [0.5, 0.6) is 11.5 Å². The summed E-state index contributed by atoms with van der Waals surface area (Å²) in [7, 11) is 3.20. The maximum absolute atomic E-state index is 11.1. The Bertz CT molecular complexity index is 1140. The van der Waals surface area contributed by atoms with Gasteiger partial charge in [0.05, 0.1) is 30.8 Å². The van der Waals surface area contributed by atoms with Gasteiger partial charge >= 0.3 is 5.88 Å². The second kappa shape index (κ2) is 8.51. The van der Waals surface area contributed by atoms with Crippen LogP contribution >= 0.6 is 31.9 Å². The van der Waals surface area contributed by atoms with Gasteiger partial charge in [0.2, 0.25) is 0 Å². The van der Waals surface area contributed by atoms with E-state index in [0.717, 1.165) is 26.1 Å². The second-order valence-electron chi connectivity index (χ2n) is 7.06. The van der Waals surface area contributed by atoms with Gasteiger partial charge in [-0.25, -0.2) is 0 Å². The van der Waals surface area contributed by atoms with Crippen molar-refractivity contribution >= 4 is 43.6 Å². The lowest BCUT2D eigenvalue weighted by Gasteiger charge is -2.42. The summed E-state index contributed by atoms with van der Waals surface area (Å²) in [5, 5.41) is 11.1. The number of halogens is 2. The second-order valence-corrected chi connectivity index (χ2v) is 8.77. The number of benzene rings is 1. The molecule has 3 heterocycles. The molecule has 0 spiro atoms. The molecule has 2 aromatic rings. The molecule has 0 aliphatic carbocycles. The highest BCUT2D eigenvalue weighted by Crippen LogP contribution is 2.46. The summed E-state index contributed by atoms with van der Waals surface area (Å²) in [5.41, 5.74) is 2.00. The zero-order chi connectivity index (χ0) is 22.3. The largest absolute Gasteiger partial charge is 0.493 e. The van der Waals surface area contributed by atoms with Crippen molar-refractivity contribution in [2.24, 2.45) is 4.99 Å². The van der Waals surface area contributed by atoms with Crippen LogP contribution in [0.2, 0.25) is 0 Å². The summed E-state index contributed by atoms with van der Waals surface area (Å²) in [4.78, 5) is 17.6. The molecule has 0 N–H and O–H groups in total. The molecule has 8 nitrogen and oxygen atoms in total. The van der Waals surface area contributed by atoms with Gasteiger partial charge in [-0.3, -0.25) is 15.1 Å². The predicted octanol–water partition coefficient (Wildman–Crippen LogP) is 6.01. The summed E-state index contributed by atoms with van der Waals surface area (Å²) >= 11 is 7.24. The maximum Gasteiger partial charge on any atom is 0.433 e. The SMILES string of the molecule is COc1ccc(C2CC(c3ccc([N+](=O)[O-])o3)N=C3C(Br)=CC(Br)=C(C)N32)cc1OC. The summed E-state index contributed by atoms with van der Waals surface area (Å²) in [6.45, 7) is 2.02. The highest BCUT2D eigenvalue weighted by atomic mass is 79.9. The van der Waals surface area contributed by atoms with E-state index in [1.54, 1.807) is 20.3 Å². The van der Waals surface area contributed by atoms with Crippen molar-refractivity contribution in [3.63, 3.8) is 0 Å². The minimum atomic E-state index is -0.544. The molecule has 0 amide bonds. The van der Waals surface area contributed by atoms with Crippen molar-refractivity contribution in [2.75, 3.05) is 14.2 Å². The molecule has 31 heavy (non-hydrogen) atoms. The lowest BCUT2D eigenvalue weighted by atomic mass is 9.92. The van der Waals surface area contributed by atoms with Crippen molar-refractivity contribution in [3.8, 4) is 11.5 Å². The number of nitrogens with zero attached hydrogens (tertiary/aromatic N) is 3. The van der Waals surface area contributed by atoms with Crippen LogP contribution in [0.4, 0.5) is 5.88 Å². The van der Waals surface area contributed by atoms with Crippen LogP contribution in [0.3, 0.4) is 0 Å². The molecule has 0 radical (unpaired) electrons. The number of allylic oxidation sites excluding steroid dienone is 3. The van der Waals surface area contributed by atoms with Crippen molar-refractivity contribution < 1.29 is 18.8 Å². The first-order chi connectivity index (χ1) is 14.8. The van der Waals surface area contributed by atoms with E-state index >= 15 is 0 Å². The van der Waals surface area contributed by atoms with Gasteiger partial charge in [-0.2, -0.15) is 0 Å². The Hall–Kier alpha value is -2.59. The number of furan rings is 1. The number of fused-ring (bicyclic) bond motifs is 1. The number of amidine groups is 1. The molecule has 0 bridgehead atoms. The first-order valence-electron chi connectivity index (χ1n) is 9.41. The fourth-order valence-electron chi connectivity index (χ4n) is 3.84. The monoisotopic (exact) mass is 551 g/mol. The number of rotatable bonds is 5. The summed E-state index contributed by atoms with van der Waals surface area (Å²) in [5.74, 6) is 2.16. The molecule has 1 aromatic heterocycles. The van der Waals surface area contributed by atoms with E-state index < -0.39 is 4.92 Å². The zero-order valence-corrected chi connectivity index (χ0v) is 20.1. The van der Waals surface area contributed by atoms with Crippen molar-refractivity contribution in [1.82, 2.24) is 4.90 Å². The molecule has 2 aliphatic heterocycles. The zero-order valence-electron chi connectivity index (χ0n) is 17.0. The van der Waals surface area contributed by atoms with Crippen molar-refractivity contribution in [2.45, 2.75) is 25.4 Å². The van der Waals surface area contributed by atoms with E-state index in [4.69, 9.17) is 18.9 Å². The highest BCUT2D eigenvalue weighted by Gasteiger charge is 2.38. The highest BCUT2D eigenvalue weighted by molar-refractivity contribution is 9.12. The lowest BCUT2D eigenvalue weighted by molar-refractivity contribution is -0.402. The molecule has 2 aliphatic rings. The van der Waals surface area contributed by atoms with Gasteiger partial charge in [0, 0.05) is 16.6 Å². The third-order valence-electron chi connectivity index (χ3n) is 5.35. The molecule has 4 rings (SSSR count). The van der Waals surface area contributed by atoms with Gasteiger partial charge < -0.3 is 18.8 Å². The molecule has 0 saturated heterocycles. The Balaban J connectivity index is 1.83. The van der Waals surface area contributed by atoms with Crippen LogP contribution in [0, 0.1) is 10.1 Å². The standard InChI is InChI=1S/C21H19Br2N3O5/c1-11-13(22)9-14(23)21-24-15(17-6-7-20(31-17)26(27)28)10-16(25(11)21)12-4-5-18(29-2)19(8-12)30-3/h4-9,15-16H,10H2,1-3H3. The number of methoxy groups -OCH3 is 2.